The standard InChI is InChI=1S/C23H19F3N6O/c1-15(21(33)29-20-12-11-19(30-31-20)16-5-3-2-4-6-16)28-17-7-9-18(10-8-17)32-14-13-27-22(32)23(24,25)26/h2-15,28H,1H3,(H,29,31,33). The van der Waals surface area contributed by atoms with Crippen LogP contribution in [0, 0.1) is 0 Å². The smallest absolute Gasteiger partial charge is 0.374 e. The highest BCUT2D eigenvalue weighted by molar-refractivity contribution is 5.95. The molecule has 0 saturated heterocycles. The molecule has 4 rings (SSSR count). The molecule has 2 heterocycles. The van der Waals surface area contributed by atoms with Gasteiger partial charge < -0.3 is 10.6 Å². The van der Waals surface area contributed by atoms with Crippen LogP contribution in [-0.2, 0) is 11.0 Å². The van der Waals surface area contributed by atoms with Gasteiger partial charge in [-0.25, -0.2) is 4.98 Å². The lowest BCUT2D eigenvalue weighted by Crippen LogP contribution is -2.32. The van der Waals surface area contributed by atoms with E-state index in [0.29, 0.717) is 22.9 Å². The number of hydrogen-bond donors (Lipinski definition) is 2. The topological polar surface area (TPSA) is 84.7 Å². The largest absolute Gasteiger partial charge is 0.450 e. The third kappa shape index (κ3) is 5.17. The van der Waals surface area contributed by atoms with Gasteiger partial charge in [-0.1, -0.05) is 30.3 Å². The van der Waals surface area contributed by atoms with E-state index < -0.39 is 18.0 Å². The second kappa shape index (κ2) is 9.11. The first kappa shape index (κ1) is 22.0. The van der Waals surface area contributed by atoms with Crippen LogP contribution in [0.2, 0.25) is 0 Å². The van der Waals surface area contributed by atoms with Gasteiger partial charge in [-0.3, -0.25) is 9.36 Å². The molecular weight excluding hydrogens is 433 g/mol. The summed E-state index contributed by atoms with van der Waals surface area (Å²) in [6.07, 6.45) is -2.22. The van der Waals surface area contributed by atoms with Crippen molar-refractivity contribution in [1.29, 1.82) is 0 Å². The maximum Gasteiger partial charge on any atom is 0.450 e. The summed E-state index contributed by atoms with van der Waals surface area (Å²) in [4.78, 5) is 15.9. The molecule has 2 aromatic carbocycles. The van der Waals surface area contributed by atoms with E-state index in [1.54, 1.807) is 31.2 Å². The van der Waals surface area contributed by atoms with Crippen molar-refractivity contribution >= 4 is 17.4 Å². The number of rotatable bonds is 6. The van der Waals surface area contributed by atoms with E-state index >= 15 is 0 Å². The highest BCUT2D eigenvalue weighted by Crippen LogP contribution is 2.29. The fourth-order valence-corrected chi connectivity index (χ4v) is 3.15. The van der Waals surface area contributed by atoms with Gasteiger partial charge in [-0.15, -0.1) is 10.2 Å². The number of alkyl halides is 3. The lowest BCUT2D eigenvalue weighted by atomic mass is 10.1. The Morgan fingerprint density at radius 1 is 0.970 bits per heavy atom. The van der Waals surface area contributed by atoms with E-state index in [-0.39, 0.29) is 5.91 Å². The molecule has 0 spiro atoms. The predicted molar refractivity (Wildman–Crippen MR) is 118 cm³/mol. The lowest BCUT2D eigenvalue weighted by molar-refractivity contribution is -0.145. The number of carbonyl (C=O) groups is 1. The molecule has 2 N–H and O–H groups in total. The molecule has 0 radical (unpaired) electrons. The summed E-state index contributed by atoms with van der Waals surface area (Å²) in [6, 6.07) is 18.5. The average molecular weight is 452 g/mol. The second-order valence-corrected chi connectivity index (χ2v) is 7.19. The van der Waals surface area contributed by atoms with E-state index in [4.69, 9.17) is 0 Å². The minimum absolute atomic E-state index is 0.302. The Labute approximate surface area is 187 Å². The summed E-state index contributed by atoms with van der Waals surface area (Å²) in [5.74, 6) is -1.03. The van der Waals surface area contributed by atoms with E-state index in [0.717, 1.165) is 16.3 Å². The Morgan fingerprint density at radius 2 is 1.70 bits per heavy atom. The fourth-order valence-electron chi connectivity index (χ4n) is 3.15. The normalized spacial score (nSPS) is 12.2. The molecule has 4 aromatic rings. The molecule has 1 atom stereocenters. The fraction of sp³-hybridized carbons (Fsp3) is 0.130. The van der Waals surface area contributed by atoms with Crippen molar-refractivity contribution in [2.24, 2.45) is 0 Å². The predicted octanol–water partition coefficient (Wildman–Crippen LogP) is 4.79. The van der Waals surface area contributed by atoms with Crippen molar-refractivity contribution < 1.29 is 18.0 Å². The highest BCUT2D eigenvalue weighted by Gasteiger charge is 2.36. The summed E-state index contributed by atoms with van der Waals surface area (Å²) >= 11 is 0. The van der Waals surface area contributed by atoms with E-state index in [1.165, 1.54) is 18.3 Å². The molecule has 0 aliphatic carbocycles. The number of hydrogen-bond acceptors (Lipinski definition) is 5. The number of aromatic nitrogens is 4. The summed E-state index contributed by atoms with van der Waals surface area (Å²) < 4.78 is 40.1. The third-order valence-corrected chi connectivity index (χ3v) is 4.80. The number of amides is 1. The zero-order valence-electron chi connectivity index (χ0n) is 17.4. The molecule has 0 aliphatic heterocycles. The molecule has 0 bridgehead atoms. The molecule has 168 valence electrons. The van der Waals surface area contributed by atoms with Gasteiger partial charge in [0, 0.05) is 29.3 Å². The van der Waals surface area contributed by atoms with Crippen LogP contribution in [0.25, 0.3) is 16.9 Å². The molecule has 2 aromatic heterocycles. The zero-order valence-corrected chi connectivity index (χ0v) is 17.4. The van der Waals surface area contributed by atoms with Crippen molar-refractivity contribution in [3.63, 3.8) is 0 Å². The van der Waals surface area contributed by atoms with Crippen LogP contribution < -0.4 is 10.6 Å². The van der Waals surface area contributed by atoms with Gasteiger partial charge >= 0.3 is 6.18 Å². The number of anilines is 2. The van der Waals surface area contributed by atoms with Crippen LogP contribution in [0.5, 0.6) is 0 Å². The lowest BCUT2D eigenvalue weighted by Gasteiger charge is -2.16. The number of imidazole rings is 1. The molecule has 1 unspecified atom stereocenters. The Balaban J connectivity index is 1.38. The monoisotopic (exact) mass is 452 g/mol. The molecule has 0 aliphatic rings. The maximum absolute atomic E-state index is 13.0. The van der Waals surface area contributed by atoms with Gasteiger partial charge in [0.05, 0.1) is 5.69 Å². The van der Waals surface area contributed by atoms with E-state index in [2.05, 4.69) is 25.8 Å². The Hall–Kier alpha value is -4.21. The first-order valence-corrected chi connectivity index (χ1v) is 9.99. The Kier molecular flexibility index (Phi) is 6.07. The third-order valence-electron chi connectivity index (χ3n) is 4.80. The Morgan fingerprint density at radius 3 is 2.33 bits per heavy atom. The van der Waals surface area contributed by atoms with Crippen LogP contribution in [0.4, 0.5) is 24.7 Å². The van der Waals surface area contributed by atoms with Crippen LogP contribution >= 0.6 is 0 Å². The van der Waals surface area contributed by atoms with Crippen molar-refractivity contribution in [1.82, 2.24) is 19.7 Å². The molecule has 0 saturated carbocycles. The van der Waals surface area contributed by atoms with Gasteiger partial charge in [0.1, 0.15) is 6.04 Å². The van der Waals surface area contributed by atoms with Gasteiger partial charge in [-0.05, 0) is 43.3 Å². The van der Waals surface area contributed by atoms with Crippen molar-refractivity contribution in [3.8, 4) is 16.9 Å². The zero-order chi connectivity index (χ0) is 23.4. The van der Waals surface area contributed by atoms with Gasteiger partial charge in [0.25, 0.3) is 0 Å². The maximum atomic E-state index is 13.0. The molecule has 7 nitrogen and oxygen atoms in total. The van der Waals surface area contributed by atoms with Gasteiger partial charge in [-0.2, -0.15) is 13.2 Å². The van der Waals surface area contributed by atoms with Crippen LogP contribution in [-0.4, -0.2) is 31.7 Å². The second-order valence-electron chi connectivity index (χ2n) is 7.19. The number of nitrogens with zero attached hydrogens (tertiary/aromatic N) is 4. The highest BCUT2D eigenvalue weighted by atomic mass is 19.4. The van der Waals surface area contributed by atoms with E-state index in [1.807, 2.05) is 30.3 Å². The first-order valence-electron chi connectivity index (χ1n) is 9.99. The molecule has 0 fully saturated rings. The molecule has 10 heteroatoms. The number of halogens is 3. The summed E-state index contributed by atoms with van der Waals surface area (Å²) in [5.41, 5.74) is 2.47. The summed E-state index contributed by atoms with van der Waals surface area (Å²) in [7, 11) is 0. The van der Waals surface area contributed by atoms with Gasteiger partial charge in [0.2, 0.25) is 11.7 Å². The molecule has 1 amide bonds. The minimum atomic E-state index is -4.56. The summed E-state index contributed by atoms with van der Waals surface area (Å²) in [5, 5.41) is 13.9. The van der Waals surface area contributed by atoms with E-state index in [9.17, 15) is 18.0 Å². The Bertz CT molecular complexity index is 1220. The van der Waals surface area contributed by atoms with Crippen molar-refractivity contribution in [2.75, 3.05) is 10.6 Å². The SMILES string of the molecule is CC(Nc1ccc(-n2ccnc2C(F)(F)F)cc1)C(=O)Nc1ccc(-c2ccccc2)nn1. The van der Waals surface area contributed by atoms with Crippen molar-refractivity contribution in [3.05, 3.63) is 84.9 Å². The molecule has 33 heavy (non-hydrogen) atoms. The summed E-state index contributed by atoms with van der Waals surface area (Å²) in [6.45, 7) is 1.66. The van der Waals surface area contributed by atoms with Crippen LogP contribution in [0.15, 0.2) is 79.1 Å². The van der Waals surface area contributed by atoms with Crippen LogP contribution in [0.3, 0.4) is 0 Å². The van der Waals surface area contributed by atoms with Crippen LogP contribution in [0.1, 0.15) is 12.7 Å². The minimum Gasteiger partial charge on any atom is -0.374 e. The number of nitrogens with one attached hydrogen (secondary N) is 2. The first-order chi connectivity index (χ1) is 15.8. The number of carbonyl (C=O) groups excluding carboxylic acids is 1. The average Bonchev–Trinajstić information content (AvgIpc) is 3.31. The van der Waals surface area contributed by atoms with Gasteiger partial charge in [0.15, 0.2) is 5.82 Å². The number of benzene rings is 2. The quantitative estimate of drug-likeness (QED) is 0.440. The molecular formula is C23H19F3N6O. The van der Waals surface area contributed by atoms with Crippen molar-refractivity contribution in [2.45, 2.75) is 19.1 Å².